The van der Waals surface area contributed by atoms with E-state index in [4.69, 9.17) is 4.42 Å². The third-order valence-electron chi connectivity index (χ3n) is 5.03. The fourth-order valence-electron chi connectivity index (χ4n) is 3.38. The van der Waals surface area contributed by atoms with E-state index in [-0.39, 0.29) is 36.0 Å². The van der Waals surface area contributed by atoms with Crippen LogP contribution in [0.2, 0.25) is 0 Å². The summed E-state index contributed by atoms with van der Waals surface area (Å²) in [6.45, 7) is 13.8. The number of carbonyl (C=O) groups excluding carboxylic acids is 2. The Labute approximate surface area is 185 Å². The number of anilines is 1. The summed E-state index contributed by atoms with van der Waals surface area (Å²) in [7, 11) is 0. The lowest BCUT2D eigenvalue weighted by Gasteiger charge is -2.25. The lowest BCUT2D eigenvalue weighted by Crippen LogP contribution is -2.36. The number of nitrogens with zero attached hydrogens (tertiary/aromatic N) is 2. The van der Waals surface area contributed by atoms with Gasteiger partial charge < -0.3 is 20.0 Å². The minimum atomic E-state index is -0.268. The van der Waals surface area contributed by atoms with Crippen molar-refractivity contribution < 1.29 is 14.0 Å². The molecule has 1 aromatic carbocycles. The van der Waals surface area contributed by atoms with Gasteiger partial charge in [-0.05, 0) is 35.8 Å². The summed E-state index contributed by atoms with van der Waals surface area (Å²) in [4.78, 5) is 31.2. The first kappa shape index (κ1) is 24.4. The van der Waals surface area contributed by atoms with E-state index in [2.05, 4.69) is 55.4 Å². The van der Waals surface area contributed by atoms with Crippen molar-refractivity contribution in [1.82, 2.24) is 15.2 Å². The quantitative estimate of drug-likeness (QED) is 0.523. The molecule has 7 heteroatoms. The highest BCUT2D eigenvalue weighted by Gasteiger charge is 2.21. The lowest BCUT2D eigenvalue weighted by molar-refractivity contribution is 0.0948. The molecule has 170 valence electrons. The number of hydrogen-bond donors (Lipinski definition) is 2. The van der Waals surface area contributed by atoms with Crippen LogP contribution in [0.25, 0.3) is 0 Å². The van der Waals surface area contributed by atoms with E-state index in [9.17, 15) is 9.59 Å². The third-order valence-corrected chi connectivity index (χ3v) is 5.03. The first-order valence-corrected chi connectivity index (χ1v) is 11.2. The van der Waals surface area contributed by atoms with Gasteiger partial charge in [0, 0.05) is 18.8 Å². The second-order valence-corrected chi connectivity index (χ2v) is 8.35. The van der Waals surface area contributed by atoms with Gasteiger partial charge >= 0.3 is 6.03 Å². The number of oxazole rings is 1. The molecule has 0 unspecified atom stereocenters. The van der Waals surface area contributed by atoms with Crippen molar-refractivity contribution in [2.75, 3.05) is 18.4 Å². The van der Waals surface area contributed by atoms with Crippen molar-refractivity contribution in [2.45, 2.75) is 72.8 Å². The Hall–Kier alpha value is -2.83. The fraction of sp³-hybridized carbons (Fsp3) is 0.542. The number of hydrogen-bond acceptors (Lipinski definition) is 4. The summed E-state index contributed by atoms with van der Waals surface area (Å²) in [5.41, 5.74) is 3.34. The van der Waals surface area contributed by atoms with Crippen molar-refractivity contribution in [2.24, 2.45) is 0 Å². The topological polar surface area (TPSA) is 87.5 Å². The van der Waals surface area contributed by atoms with E-state index < -0.39 is 0 Å². The van der Waals surface area contributed by atoms with Gasteiger partial charge in [-0.15, -0.1) is 0 Å². The van der Waals surface area contributed by atoms with Crippen LogP contribution in [-0.2, 0) is 6.54 Å². The molecule has 1 aromatic heterocycles. The lowest BCUT2D eigenvalue weighted by atomic mass is 9.93. The molecule has 1 heterocycles. The maximum absolute atomic E-state index is 13.2. The zero-order valence-electron chi connectivity index (χ0n) is 19.6. The van der Waals surface area contributed by atoms with E-state index >= 15 is 0 Å². The zero-order valence-corrected chi connectivity index (χ0v) is 19.6. The molecule has 0 saturated heterocycles. The van der Waals surface area contributed by atoms with E-state index in [1.165, 1.54) is 6.26 Å². The van der Waals surface area contributed by atoms with Gasteiger partial charge in [0.05, 0.1) is 6.54 Å². The Balaban J connectivity index is 2.21. The molecule has 0 saturated carbocycles. The van der Waals surface area contributed by atoms with Crippen LogP contribution < -0.4 is 10.6 Å². The standard InChI is InChI=1S/C24H36N4O3/c1-7-12-25-23(29)20-15-31-21(26-20)14-28(13-8-2)24(30)27-22-18(16(3)4)10-9-11-19(22)17(5)6/h9-11,15-17H,7-8,12-14H2,1-6H3,(H,25,29)(H,27,30). The molecule has 3 amide bonds. The van der Waals surface area contributed by atoms with E-state index in [1.807, 2.05) is 19.9 Å². The molecule has 0 radical (unpaired) electrons. The summed E-state index contributed by atoms with van der Waals surface area (Å²) < 4.78 is 5.47. The Morgan fingerprint density at radius 2 is 1.71 bits per heavy atom. The van der Waals surface area contributed by atoms with Crippen LogP contribution in [0, 0.1) is 0 Å². The second kappa shape index (κ2) is 11.5. The number of amides is 3. The molecule has 0 spiro atoms. The van der Waals surface area contributed by atoms with Gasteiger partial charge in [0.15, 0.2) is 5.69 Å². The Morgan fingerprint density at radius 3 is 2.26 bits per heavy atom. The molecular weight excluding hydrogens is 392 g/mol. The van der Waals surface area contributed by atoms with Gasteiger partial charge in [-0.3, -0.25) is 4.79 Å². The van der Waals surface area contributed by atoms with Crippen LogP contribution in [0.1, 0.15) is 93.7 Å². The van der Waals surface area contributed by atoms with Gasteiger partial charge in [0.25, 0.3) is 5.91 Å². The van der Waals surface area contributed by atoms with Crippen molar-refractivity contribution in [3.63, 3.8) is 0 Å². The molecule has 0 aliphatic carbocycles. The molecule has 0 bridgehead atoms. The molecule has 2 rings (SSSR count). The van der Waals surface area contributed by atoms with Crippen molar-refractivity contribution >= 4 is 17.6 Å². The molecule has 2 aromatic rings. The van der Waals surface area contributed by atoms with Gasteiger partial charge in [-0.25, -0.2) is 9.78 Å². The summed E-state index contributed by atoms with van der Waals surface area (Å²) in [6.07, 6.45) is 2.98. The third kappa shape index (κ3) is 6.57. The summed E-state index contributed by atoms with van der Waals surface area (Å²) in [5, 5.41) is 5.92. The zero-order chi connectivity index (χ0) is 23.0. The van der Waals surface area contributed by atoms with Crippen LogP contribution >= 0.6 is 0 Å². The van der Waals surface area contributed by atoms with Crippen LogP contribution in [0.4, 0.5) is 10.5 Å². The summed E-state index contributed by atoms with van der Waals surface area (Å²) in [6, 6.07) is 5.96. The Kier molecular flexibility index (Phi) is 9.09. The Bertz CT molecular complexity index is 847. The van der Waals surface area contributed by atoms with Crippen LogP contribution in [0.3, 0.4) is 0 Å². The minimum Gasteiger partial charge on any atom is -0.446 e. The largest absolute Gasteiger partial charge is 0.446 e. The molecule has 7 nitrogen and oxygen atoms in total. The highest BCUT2D eigenvalue weighted by molar-refractivity contribution is 5.92. The normalized spacial score (nSPS) is 11.1. The van der Waals surface area contributed by atoms with E-state index in [1.54, 1.807) is 4.90 Å². The number of benzene rings is 1. The Morgan fingerprint density at radius 1 is 1.06 bits per heavy atom. The smallest absolute Gasteiger partial charge is 0.322 e. The first-order chi connectivity index (χ1) is 14.8. The SMILES string of the molecule is CCCNC(=O)c1coc(CN(CCC)C(=O)Nc2c(C(C)C)cccc2C(C)C)n1. The molecule has 2 N–H and O–H groups in total. The second-order valence-electron chi connectivity index (χ2n) is 8.35. The minimum absolute atomic E-state index is 0.196. The molecular formula is C24H36N4O3. The number of nitrogens with one attached hydrogen (secondary N) is 2. The molecule has 0 aliphatic rings. The monoisotopic (exact) mass is 428 g/mol. The summed E-state index contributed by atoms with van der Waals surface area (Å²) in [5.74, 6) is 0.636. The number of aromatic nitrogens is 1. The van der Waals surface area contributed by atoms with Crippen molar-refractivity contribution in [1.29, 1.82) is 0 Å². The number of para-hydroxylation sites is 1. The summed E-state index contributed by atoms with van der Waals surface area (Å²) >= 11 is 0. The number of carbonyl (C=O) groups is 2. The van der Waals surface area contributed by atoms with Crippen LogP contribution in [0.15, 0.2) is 28.9 Å². The maximum atomic E-state index is 13.2. The van der Waals surface area contributed by atoms with Crippen LogP contribution in [0.5, 0.6) is 0 Å². The first-order valence-electron chi connectivity index (χ1n) is 11.2. The highest BCUT2D eigenvalue weighted by Crippen LogP contribution is 2.32. The van der Waals surface area contributed by atoms with E-state index in [0.29, 0.717) is 19.0 Å². The molecule has 0 aliphatic heterocycles. The average molecular weight is 429 g/mol. The molecule has 0 fully saturated rings. The van der Waals surface area contributed by atoms with Gasteiger partial charge in [0.1, 0.15) is 6.26 Å². The van der Waals surface area contributed by atoms with Gasteiger partial charge in [-0.1, -0.05) is 59.7 Å². The highest BCUT2D eigenvalue weighted by atomic mass is 16.3. The number of urea groups is 1. The predicted molar refractivity (Wildman–Crippen MR) is 123 cm³/mol. The van der Waals surface area contributed by atoms with Crippen LogP contribution in [-0.4, -0.2) is 34.9 Å². The van der Waals surface area contributed by atoms with Gasteiger partial charge in [0.2, 0.25) is 5.89 Å². The van der Waals surface area contributed by atoms with Crippen molar-refractivity contribution in [3.8, 4) is 0 Å². The predicted octanol–water partition coefficient (Wildman–Crippen LogP) is 5.51. The number of rotatable bonds is 10. The fourth-order valence-corrected chi connectivity index (χ4v) is 3.38. The molecule has 0 atom stereocenters. The van der Waals surface area contributed by atoms with Crippen molar-refractivity contribution in [3.05, 3.63) is 47.2 Å². The van der Waals surface area contributed by atoms with Gasteiger partial charge in [-0.2, -0.15) is 0 Å². The van der Waals surface area contributed by atoms with E-state index in [0.717, 1.165) is 29.7 Å². The molecule has 31 heavy (non-hydrogen) atoms. The average Bonchev–Trinajstić information content (AvgIpc) is 3.20. The maximum Gasteiger partial charge on any atom is 0.322 e.